The highest BCUT2D eigenvalue weighted by Crippen LogP contribution is 2.21. The van der Waals surface area contributed by atoms with Crippen LogP contribution in [0.3, 0.4) is 0 Å². The molecular weight excluding hydrogens is 248 g/mol. The molecule has 0 aromatic heterocycles. The molecule has 0 amide bonds. The predicted molar refractivity (Wildman–Crippen MR) is 81.1 cm³/mol. The van der Waals surface area contributed by atoms with E-state index in [-0.39, 0.29) is 0 Å². The van der Waals surface area contributed by atoms with Crippen molar-refractivity contribution in [3.8, 4) is 11.8 Å². The van der Waals surface area contributed by atoms with E-state index >= 15 is 0 Å². The molecule has 0 heterocycles. The standard InChI is InChI=1S/C17H18N2O/c1-13-6-5-8-15(12-18)17(13)19-11-10-14-7-3-4-9-16(14)20-2/h3-9,19H,10-11H2,1-2H3. The summed E-state index contributed by atoms with van der Waals surface area (Å²) in [4.78, 5) is 0. The lowest BCUT2D eigenvalue weighted by Crippen LogP contribution is -2.08. The van der Waals surface area contributed by atoms with Crippen LogP contribution in [0.2, 0.25) is 0 Å². The van der Waals surface area contributed by atoms with Gasteiger partial charge in [0.05, 0.1) is 18.4 Å². The maximum absolute atomic E-state index is 9.13. The lowest BCUT2D eigenvalue weighted by atomic mass is 10.1. The number of hydrogen-bond donors (Lipinski definition) is 1. The molecular formula is C17H18N2O. The second-order valence-corrected chi connectivity index (χ2v) is 4.60. The van der Waals surface area contributed by atoms with E-state index in [2.05, 4.69) is 17.5 Å². The van der Waals surface area contributed by atoms with E-state index in [1.54, 1.807) is 7.11 Å². The van der Waals surface area contributed by atoms with E-state index < -0.39 is 0 Å². The number of nitrogens with zero attached hydrogens (tertiary/aromatic N) is 1. The first kappa shape index (κ1) is 14.0. The zero-order chi connectivity index (χ0) is 14.4. The van der Waals surface area contributed by atoms with Crippen LogP contribution in [-0.2, 0) is 6.42 Å². The van der Waals surface area contributed by atoms with Crippen molar-refractivity contribution in [3.05, 3.63) is 59.2 Å². The number of hydrogen-bond acceptors (Lipinski definition) is 3. The first-order valence-electron chi connectivity index (χ1n) is 6.61. The van der Waals surface area contributed by atoms with Gasteiger partial charge in [0.1, 0.15) is 11.8 Å². The van der Waals surface area contributed by atoms with E-state index in [0.29, 0.717) is 5.56 Å². The minimum Gasteiger partial charge on any atom is -0.496 e. The number of nitriles is 1. The molecule has 0 spiro atoms. The summed E-state index contributed by atoms with van der Waals surface area (Å²) in [7, 11) is 1.68. The maximum atomic E-state index is 9.13. The Kier molecular flexibility index (Phi) is 4.62. The van der Waals surface area contributed by atoms with Crippen LogP contribution >= 0.6 is 0 Å². The van der Waals surface area contributed by atoms with Gasteiger partial charge in [0, 0.05) is 6.54 Å². The number of nitrogens with one attached hydrogen (secondary N) is 1. The van der Waals surface area contributed by atoms with Crippen molar-refractivity contribution >= 4 is 5.69 Å². The predicted octanol–water partition coefficient (Wildman–Crippen LogP) is 3.53. The Labute approximate surface area is 119 Å². The van der Waals surface area contributed by atoms with Gasteiger partial charge >= 0.3 is 0 Å². The van der Waals surface area contributed by atoms with Gasteiger partial charge in [-0.1, -0.05) is 30.3 Å². The number of methoxy groups -OCH3 is 1. The van der Waals surface area contributed by atoms with Crippen molar-refractivity contribution in [2.75, 3.05) is 19.0 Å². The van der Waals surface area contributed by atoms with Crippen molar-refractivity contribution < 1.29 is 4.74 Å². The Morgan fingerprint density at radius 1 is 1.15 bits per heavy atom. The quantitative estimate of drug-likeness (QED) is 0.900. The van der Waals surface area contributed by atoms with Crippen LogP contribution in [0.1, 0.15) is 16.7 Å². The fraction of sp³-hybridized carbons (Fsp3) is 0.235. The third kappa shape index (κ3) is 3.10. The Bertz CT molecular complexity index is 629. The second-order valence-electron chi connectivity index (χ2n) is 4.60. The van der Waals surface area contributed by atoms with Crippen molar-refractivity contribution in [1.29, 1.82) is 5.26 Å². The molecule has 3 nitrogen and oxygen atoms in total. The Morgan fingerprint density at radius 2 is 1.95 bits per heavy atom. The van der Waals surface area contributed by atoms with Gasteiger partial charge in [-0.3, -0.25) is 0 Å². The highest BCUT2D eigenvalue weighted by atomic mass is 16.5. The number of para-hydroxylation sites is 2. The van der Waals surface area contributed by atoms with Gasteiger partial charge in [-0.2, -0.15) is 5.26 Å². The lowest BCUT2D eigenvalue weighted by Gasteiger charge is -2.12. The molecule has 0 aliphatic carbocycles. The fourth-order valence-electron chi connectivity index (χ4n) is 2.23. The molecule has 0 atom stereocenters. The van der Waals surface area contributed by atoms with Gasteiger partial charge in [0.2, 0.25) is 0 Å². The van der Waals surface area contributed by atoms with Crippen LogP contribution in [0.15, 0.2) is 42.5 Å². The molecule has 3 heteroatoms. The Morgan fingerprint density at radius 3 is 2.70 bits per heavy atom. The Balaban J connectivity index is 2.05. The molecule has 1 N–H and O–H groups in total. The number of benzene rings is 2. The van der Waals surface area contributed by atoms with Gasteiger partial charge in [0.15, 0.2) is 0 Å². The van der Waals surface area contributed by atoms with Crippen LogP contribution < -0.4 is 10.1 Å². The molecule has 0 saturated carbocycles. The molecule has 0 bridgehead atoms. The number of anilines is 1. The fourth-order valence-corrected chi connectivity index (χ4v) is 2.23. The van der Waals surface area contributed by atoms with Crippen LogP contribution in [-0.4, -0.2) is 13.7 Å². The van der Waals surface area contributed by atoms with Crippen molar-refractivity contribution in [3.63, 3.8) is 0 Å². The van der Waals surface area contributed by atoms with E-state index in [4.69, 9.17) is 10.00 Å². The van der Waals surface area contributed by atoms with Gasteiger partial charge in [-0.15, -0.1) is 0 Å². The van der Waals surface area contributed by atoms with E-state index in [1.165, 1.54) is 0 Å². The zero-order valence-corrected chi connectivity index (χ0v) is 11.8. The van der Waals surface area contributed by atoms with E-state index in [9.17, 15) is 0 Å². The zero-order valence-electron chi connectivity index (χ0n) is 11.8. The second kappa shape index (κ2) is 6.63. The number of rotatable bonds is 5. The normalized spacial score (nSPS) is 9.85. The van der Waals surface area contributed by atoms with Gasteiger partial charge in [-0.05, 0) is 36.6 Å². The summed E-state index contributed by atoms with van der Waals surface area (Å²) >= 11 is 0. The average Bonchev–Trinajstić information content (AvgIpc) is 2.49. The van der Waals surface area contributed by atoms with E-state index in [1.807, 2.05) is 43.3 Å². The molecule has 0 unspecified atom stereocenters. The highest BCUT2D eigenvalue weighted by Gasteiger charge is 2.05. The molecule has 0 aliphatic rings. The van der Waals surface area contributed by atoms with Crippen molar-refractivity contribution in [2.24, 2.45) is 0 Å². The topological polar surface area (TPSA) is 45.0 Å². The first-order chi connectivity index (χ1) is 9.76. The molecule has 0 aliphatic heterocycles. The summed E-state index contributed by atoms with van der Waals surface area (Å²) in [5.41, 5.74) is 3.86. The molecule has 2 rings (SSSR count). The van der Waals surface area contributed by atoms with Crippen LogP contribution in [0.25, 0.3) is 0 Å². The summed E-state index contributed by atoms with van der Waals surface area (Å²) in [5.74, 6) is 0.902. The van der Waals surface area contributed by atoms with Gasteiger partial charge in [0.25, 0.3) is 0 Å². The molecule has 0 radical (unpaired) electrons. The minimum atomic E-state index is 0.685. The van der Waals surface area contributed by atoms with Gasteiger partial charge in [-0.25, -0.2) is 0 Å². The van der Waals surface area contributed by atoms with Crippen LogP contribution in [0.4, 0.5) is 5.69 Å². The smallest absolute Gasteiger partial charge is 0.122 e. The Hall–Kier alpha value is -2.47. The summed E-state index contributed by atoms with van der Waals surface area (Å²) in [6, 6.07) is 16.0. The molecule has 102 valence electrons. The number of aryl methyl sites for hydroxylation is 1. The lowest BCUT2D eigenvalue weighted by molar-refractivity contribution is 0.410. The SMILES string of the molecule is COc1ccccc1CCNc1c(C)cccc1C#N. The molecule has 0 fully saturated rings. The summed E-state index contributed by atoms with van der Waals surface area (Å²) < 4.78 is 5.34. The third-order valence-electron chi connectivity index (χ3n) is 3.28. The number of ether oxygens (including phenoxy) is 1. The maximum Gasteiger partial charge on any atom is 0.122 e. The summed E-state index contributed by atoms with van der Waals surface area (Å²) in [6.45, 7) is 2.77. The largest absolute Gasteiger partial charge is 0.496 e. The van der Waals surface area contributed by atoms with Crippen LogP contribution in [0.5, 0.6) is 5.75 Å². The monoisotopic (exact) mass is 266 g/mol. The van der Waals surface area contributed by atoms with Crippen molar-refractivity contribution in [1.82, 2.24) is 0 Å². The minimum absolute atomic E-state index is 0.685. The average molecular weight is 266 g/mol. The third-order valence-corrected chi connectivity index (χ3v) is 3.28. The summed E-state index contributed by atoms with van der Waals surface area (Å²) in [6.07, 6.45) is 0.850. The summed E-state index contributed by atoms with van der Waals surface area (Å²) in [5, 5.41) is 12.5. The van der Waals surface area contributed by atoms with Crippen molar-refractivity contribution in [2.45, 2.75) is 13.3 Å². The molecule has 2 aromatic rings. The first-order valence-corrected chi connectivity index (χ1v) is 6.61. The highest BCUT2D eigenvalue weighted by molar-refractivity contribution is 5.62. The molecule has 20 heavy (non-hydrogen) atoms. The van der Waals surface area contributed by atoms with Gasteiger partial charge < -0.3 is 10.1 Å². The van der Waals surface area contributed by atoms with Crippen LogP contribution in [0, 0.1) is 18.3 Å². The molecule has 2 aromatic carbocycles. The molecule has 0 saturated heterocycles. The van der Waals surface area contributed by atoms with E-state index in [0.717, 1.165) is 35.5 Å².